The van der Waals surface area contributed by atoms with Gasteiger partial charge in [-0.25, -0.2) is 9.97 Å². The van der Waals surface area contributed by atoms with Gasteiger partial charge in [0.15, 0.2) is 5.82 Å². The number of nitrogens with zero attached hydrogens (tertiary/aromatic N) is 2. The summed E-state index contributed by atoms with van der Waals surface area (Å²) in [7, 11) is 0. The average Bonchev–Trinajstić information content (AvgIpc) is 2.83. The van der Waals surface area contributed by atoms with Gasteiger partial charge in [-0.3, -0.25) is 0 Å². The van der Waals surface area contributed by atoms with E-state index >= 15 is 0 Å². The van der Waals surface area contributed by atoms with Crippen LogP contribution in [0.5, 0.6) is 0 Å². The van der Waals surface area contributed by atoms with Crippen LogP contribution in [0.2, 0.25) is 0 Å². The molecule has 2 aromatic rings. The average molecular weight is 340 g/mol. The molecule has 0 aromatic carbocycles. The zero-order chi connectivity index (χ0) is 13.7. The topological polar surface area (TPSA) is 37.8 Å². The zero-order valence-electron chi connectivity index (χ0n) is 11.2. The van der Waals surface area contributed by atoms with Crippen LogP contribution >= 0.6 is 27.3 Å². The minimum Gasteiger partial charge on any atom is -0.370 e. The highest BCUT2D eigenvalue weighted by Gasteiger charge is 2.08. The smallest absolute Gasteiger partial charge is 0.171 e. The molecule has 2 rings (SSSR count). The van der Waals surface area contributed by atoms with E-state index in [4.69, 9.17) is 0 Å². The number of aromatic nitrogens is 2. The number of rotatable bonds is 6. The molecule has 0 saturated heterocycles. The van der Waals surface area contributed by atoms with Gasteiger partial charge in [0.2, 0.25) is 0 Å². The molecule has 3 nitrogen and oxygen atoms in total. The number of aryl methyl sites for hydroxylation is 1. The Morgan fingerprint density at radius 2 is 2.05 bits per heavy atom. The first kappa shape index (κ1) is 14.5. The lowest BCUT2D eigenvalue weighted by Gasteiger charge is -2.08. The Labute approximate surface area is 126 Å². The second-order valence-corrected chi connectivity index (χ2v) is 6.20. The Bertz CT molecular complexity index is 539. The summed E-state index contributed by atoms with van der Waals surface area (Å²) in [6.07, 6.45) is 3.17. The van der Waals surface area contributed by atoms with Crippen LogP contribution in [0.1, 0.15) is 32.4 Å². The SMILES string of the molecule is CCCNc1cc(CCC)nc(-c2cc(Br)cs2)n1. The number of anilines is 1. The standard InChI is InChI=1S/C14H18BrN3S/c1-3-5-11-8-13(16-6-4-2)18-14(17-11)12-7-10(15)9-19-12/h7-9H,3-6H2,1-2H3,(H,16,17,18). The van der Waals surface area contributed by atoms with Crippen molar-refractivity contribution in [2.75, 3.05) is 11.9 Å². The van der Waals surface area contributed by atoms with Crippen molar-refractivity contribution in [1.29, 1.82) is 0 Å². The van der Waals surface area contributed by atoms with Crippen LogP contribution in [-0.4, -0.2) is 16.5 Å². The van der Waals surface area contributed by atoms with Crippen molar-refractivity contribution in [3.63, 3.8) is 0 Å². The maximum absolute atomic E-state index is 4.65. The molecule has 19 heavy (non-hydrogen) atoms. The normalized spacial score (nSPS) is 10.7. The number of nitrogens with one attached hydrogen (secondary N) is 1. The van der Waals surface area contributed by atoms with Crippen LogP contribution < -0.4 is 5.32 Å². The van der Waals surface area contributed by atoms with Crippen LogP contribution in [0.15, 0.2) is 22.0 Å². The summed E-state index contributed by atoms with van der Waals surface area (Å²) in [4.78, 5) is 10.4. The minimum absolute atomic E-state index is 0.820. The van der Waals surface area contributed by atoms with Crippen molar-refractivity contribution in [3.8, 4) is 10.7 Å². The van der Waals surface area contributed by atoms with E-state index in [1.807, 2.05) is 0 Å². The van der Waals surface area contributed by atoms with Crippen LogP contribution in [0, 0.1) is 0 Å². The Morgan fingerprint density at radius 1 is 1.21 bits per heavy atom. The van der Waals surface area contributed by atoms with Crippen molar-refractivity contribution in [2.45, 2.75) is 33.1 Å². The van der Waals surface area contributed by atoms with Gasteiger partial charge in [0.1, 0.15) is 5.82 Å². The molecule has 2 aromatic heterocycles. The number of halogens is 1. The lowest BCUT2D eigenvalue weighted by molar-refractivity contribution is 0.873. The molecule has 2 heterocycles. The van der Waals surface area contributed by atoms with Gasteiger partial charge in [-0.15, -0.1) is 11.3 Å². The molecule has 0 spiro atoms. The van der Waals surface area contributed by atoms with Crippen LogP contribution in [0.4, 0.5) is 5.82 Å². The third-order valence-corrected chi connectivity index (χ3v) is 4.32. The Balaban J connectivity index is 2.33. The molecule has 0 bridgehead atoms. The summed E-state index contributed by atoms with van der Waals surface area (Å²) in [6, 6.07) is 4.13. The first-order chi connectivity index (χ1) is 9.22. The first-order valence-electron chi connectivity index (χ1n) is 6.59. The summed E-state index contributed by atoms with van der Waals surface area (Å²) in [6.45, 7) is 5.26. The quantitative estimate of drug-likeness (QED) is 0.825. The van der Waals surface area contributed by atoms with Gasteiger partial charge in [0.05, 0.1) is 4.88 Å². The highest BCUT2D eigenvalue weighted by molar-refractivity contribution is 9.10. The van der Waals surface area contributed by atoms with Crippen molar-refractivity contribution in [1.82, 2.24) is 9.97 Å². The van der Waals surface area contributed by atoms with Gasteiger partial charge in [0.25, 0.3) is 0 Å². The zero-order valence-corrected chi connectivity index (χ0v) is 13.6. The molecule has 0 amide bonds. The minimum atomic E-state index is 0.820. The Morgan fingerprint density at radius 3 is 2.68 bits per heavy atom. The highest BCUT2D eigenvalue weighted by Crippen LogP contribution is 2.28. The molecular weight excluding hydrogens is 322 g/mol. The highest BCUT2D eigenvalue weighted by atomic mass is 79.9. The van der Waals surface area contributed by atoms with E-state index in [0.717, 1.165) is 52.5 Å². The van der Waals surface area contributed by atoms with E-state index in [1.54, 1.807) is 11.3 Å². The number of thiophene rings is 1. The van der Waals surface area contributed by atoms with Crippen molar-refractivity contribution in [3.05, 3.63) is 27.7 Å². The largest absolute Gasteiger partial charge is 0.370 e. The fourth-order valence-electron chi connectivity index (χ4n) is 1.77. The Hall–Kier alpha value is -0.940. The molecular formula is C14H18BrN3S. The predicted molar refractivity (Wildman–Crippen MR) is 85.8 cm³/mol. The second-order valence-electron chi connectivity index (χ2n) is 4.37. The molecule has 1 N–H and O–H groups in total. The van der Waals surface area contributed by atoms with Gasteiger partial charge in [-0.05, 0) is 34.8 Å². The molecule has 0 atom stereocenters. The van der Waals surface area contributed by atoms with E-state index in [-0.39, 0.29) is 0 Å². The summed E-state index contributed by atoms with van der Waals surface area (Å²) in [5.74, 6) is 1.75. The first-order valence-corrected chi connectivity index (χ1v) is 8.26. The fraction of sp³-hybridized carbons (Fsp3) is 0.429. The van der Waals surface area contributed by atoms with Gasteiger partial charge in [-0.1, -0.05) is 20.3 Å². The third kappa shape index (κ3) is 4.01. The van der Waals surface area contributed by atoms with Gasteiger partial charge in [-0.2, -0.15) is 0 Å². The molecule has 0 saturated carbocycles. The fourth-order valence-corrected chi connectivity index (χ4v) is 3.13. The van der Waals surface area contributed by atoms with E-state index in [2.05, 4.69) is 62.6 Å². The molecule has 0 fully saturated rings. The lowest BCUT2D eigenvalue weighted by Crippen LogP contribution is -2.05. The molecule has 0 aliphatic rings. The van der Waals surface area contributed by atoms with E-state index in [9.17, 15) is 0 Å². The summed E-state index contributed by atoms with van der Waals surface area (Å²) in [5.41, 5.74) is 1.11. The molecule has 5 heteroatoms. The third-order valence-electron chi connectivity index (χ3n) is 2.63. The maximum Gasteiger partial charge on any atom is 0.171 e. The van der Waals surface area contributed by atoms with Crippen LogP contribution in [-0.2, 0) is 6.42 Å². The summed E-state index contributed by atoms with van der Waals surface area (Å²) >= 11 is 5.14. The lowest BCUT2D eigenvalue weighted by atomic mass is 10.2. The van der Waals surface area contributed by atoms with Crippen LogP contribution in [0.25, 0.3) is 10.7 Å². The maximum atomic E-state index is 4.65. The van der Waals surface area contributed by atoms with Gasteiger partial charge >= 0.3 is 0 Å². The van der Waals surface area contributed by atoms with Crippen molar-refractivity contribution < 1.29 is 0 Å². The molecule has 0 unspecified atom stereocenters. The van der Waals surface area contributed by atoms with Gasteiger partial charge < -0.3 is 5.32 Å². The molecule has 0 aliphatic carbocycles. The number of hydrogen-bond donors (Lipinski definition) is 1. The molecule has 102 valence electrons. The van der Waals surface area contributed by atoms with E-state index in [1.165, 1.54) is 0 Å². The summed E-state index contributed by atoms with van der Waals surface area (Å²) in [5, 5.41) is 5.41. The second kappa shape index (κ2) is 7.01. The predicted octanol–water partition coefficient (Wildman–Crippen LogP) is 4.74. The van der Waals surface area contributed by atoms with Crippen molar-refractivity contribution >= 4 is 33.1 Å². The van der Waals surface area contributed by atoms with Gasteiger partial charge in [0, 0.05) is 28.2 Å². The Kier molecular flexibility index (Phi) is 5.34. The summed E-state index contributed by atoms with van der Waals surface area (Å²) < 4.78 is 1.08. The number of hydrogen-bond acceptors (Lipinski definition) is 4. The molecule has 0 aliphatic heterocycles. The van der Waals surface area contributed by atoms with E-state index < -0.39 is 0 Å². The van der Waals surface area contributed by atoms with Crippen LogP contribution in [0.3, 0.4) is 0 Å². The van der Waals surface area contributed by atoms with E-state index in [0.29, 0.717) is 0 Å². The molecule has 0 radical (unpaired) electrons. The van der Waals surface area contributed by atoms with Crippen molar-refractivity contribution in [2.24, 2.45) is 0 Å². The monoisotopic (exact) mass is 339 g/mol.